The number of carbonyl (C=O) groups is 2. The van der Waals surface area contributed by atoms with Gasteiger partial charge in [0.1, 0.15) is 5.60 Å². The SMILES string of the molecule is CCC(CC)N(Cc1ccccc1NC(=O)OC(C)Cl)C(=O)OC(C)(C)C. The summed E-state index contributed by atoms with van der Waals surface area (Å²) in [4.78, 5) is 26.4. The zero-order valence-electron chi connectivity index (χ0n) is 17.0. The molecule has 6 nitrogen and oxygen atoms in total. The van der Waals surface area contributed by atoms with Crippen molar-refractivity contribution in [1.82, 2.24) is 4.90 Å². The normalized spacial score (nSPS) is 12.4. The van der Waals surface area contributed by atoms with E-state index in [1.165, 1.54) is 0 Å². The summed E-state index contributed by atoms with van der Waals surface area (Å²) in [6.45, 7) is 11.5. The van der Waals surface area contributed by atoms with E-state index >= 15 is 0 Å². The second-order valence-electron chi connectivity index (χ2n) is 7.31. The second-order valence-corrected chi connectivity index (χ2v) is 7.92. The van der Waals surface area contributed by atoms with Gasteiger partial charge >= 0.3 is 12.2 Å². The smallest absolute Gasteiger partial charge is 0.413 e. The molecule has 0 aliphatic heterocycles. The van der Waals surface area contributed by atoms with Gasteiger partial charge in [0.05, 0.1) is 6.54 Å². The van der Waals surface area contributed by atoms with Crippen LogP contribution >= 0.6 is 11.6 Å². The summed E-state index contributed by atoms with van der Waals surface area (Å²) in [5, 5.41) is 2.68. The van der Waals surface area contributed by atoms with Gasteiger partial charge < -0.3 is 14.4 Å². The largest absolute Gasteiger partial charge is 0.444 e. The fourth-order valence-electron chi connectivity index (χ4n) is 2.64. The van der Waals surface area contributed by atoms with Gasteiger partial charge in [-0.2, -0.15) is 0 Å². The summed E-state index contributed by atoms with van der Waals surface area (Å²) >= 11 is 5.69. The first-order chi connectivity index (χ1) is 12.6. The average molecular weight is 399 g/mol. The molecule has 2 amide bonds. The lowest BCUT2D eigenvalue weighted by Crippen LogP contribution is -2.42. The lowest BCUT2D eigenvalue weighted by molar-refractivity contribution is 0.0130. The monoisotopic (exact) mass is 398 g/mol. The first kappa shape index (κ1) is 23.1. The minimum Gasteiger partial charge on any atom is -0.444 e. The van der Waals surface area contributed by atoms with Crippen LogP contribution in [0.25, 0.3) is 0 Å². The van der Waals surface area contributed by atoms with Crippen LogP contribution in [-0.2, 0) is 16.0 Å². The number of benzene rings is 1. The molecule has 1 rings (SSSR count). The third-order valence-electron chi connectivity index (χ3n) is 3.88. The highest BCUT2D eigenvalue weighted by Crippen LogP contribution is 2.23. The molecular weight excluding hydrogens is 368 g/mol. The number of carbonyl (C=O) groups excluding carboxylic acids is 2. The number of anilines is 1. The van der Waals surface area contributed by atoms with Crippen LogP contribution in [0, 0.1) is 0 Å². The molecule has 0 heterocycles. The molecule has 1 aromatic carbocycles. The molecule has 0 aliphatic rings. The average Bonchev–Trinajstić information content (AvgIpc) is 2.54. The molecule has 1 aromatic rings. The van der Waals surface area contributed by atoms with Crippen LogP contribution in [0.4, 0.5) is 15.3 Å². The van der Waals surface area contributed by atoms with Crippen molar-refractivity contribution < 1.29 is 19.1 Å². The fraction of sp³-hybridized carbons (Fsp3) is 0.600. The van der Waals surface area contributed by atoms with Crippen LogP contribution in [-0.4, -0.2) is 34.3 Å². The molecular formula is C20H31ClN2O4. The van der Waals surface area contributed by atoms with E-state index in [0.29, 0.717) is 12.2 Å². The minimum atomic E-state index is -0.736. The highest BCUT2D eigenvalue weighted by molar-refractivity contribution is 6.20. The molecule has 0 aromatic heterocycles. The maximum atomic E-state index is 12.8. The molecule has 27 heavy (non-hydrogen) atoms. The predicted octanol–water partition coefficient (Wildman–Crippen LogP) is 5.75. The Morgan fingerprint density at radius 3 is 2.30 bits per heavy atom. The van der Waals surface area contributed by atoms with Crippen molar-refractivity contribution in [3.05, 3.63) is 29.8 Å². The summed E-state index contributed by atoms with van der Waals surface area (Å²) in [6, 6.07) is 7.31. The minimum absolute atomic E-state index is 0.0303. The number of hydrogen-bond acceptors (Lipinski definition) is 4. The van der Waals surface area contributed by atoms with Crippen LogP contribution < -0.4 is 5.32 Å². The number of nitrogens with zero attached hydrogens (tertiary/aromatic N) is 1. The number of amides is 2. The van der Waals surface area contributed by atoms with Crippen molar-refractivity contribution in [3.8, 4) is 0 Å². The molecule has 0 saturated carbocycles. The zero-order chi connectivity index (χ0) is 20.6. The van der Waals surface area contributed by atoms with Crippen molar-refractivity contribution in [2.24, 2.45) is 0 Å². The lowest BCUT2D eigenvalue weighted by Gasteiger charge is -2.33. The standard InChI is InChI=1S/C20H31ClN2O4/c1-7-16(8-2)23(19(25)27-20(4,5)6)13-15-11-9-10-12-17(15)22-18(24)26-14(3)21/h9-12,14,16H,7-8,13H2,1-6H3,(H,22,24). The first-order valence-electron chi connectivity index (χ1n) is 9.26. The topological polar surface area (TPSA) is 67.9 Å². The molecule has 1 unspecified atom stereocenters. The van der Waals surface area contributed by atoms with Gasteiger partial charge in [0, 0.05) is 11.7 Å². The Bertz CT molecular complexity index is 625. The Balaban J connectivity index is 3.07. The van der Waals surface area contributed by atoms with E-state index in [-0.39, 0.29) is 12.1 Å². The van der Waals surface area contributed by atoms with Gasteiger partial charge in [0.15, 0.2) is 5.56 Å². The van der Waals surface area contributed by atoms with Gasteiger partial charge in [-0.05, 0) is 52.2 Å². The molecule has 0 spiro atoms. The quantitative estimate of drug-likeness (QED) is 0.594. The number of halogens is 1. The predicted molar refractivity (Wildman–Crippen MR) is 108 cm³/mol. The number of nitrogens with one attached hydrogen (secondary N) is 1. The summed E-state index contributed by atoms with van der Waals surface area (Å²) in [6.07, 6.45) is 0.591. The van der Waals surface area contributed by atoms with E-state index in [0.717, 1.165) is 18.4 Å². The molecule has 1 N–H and O–H groups in total. The lowest BCUT2D eigenvalue weighted by atomic mass is 10.1. The van der Waals surface area contributed by atoms with Gasteiger partial charge in [-0.1, -0.05) is 43.6 Å². The molecule has 152 valence electrons. The van der Waals surface area contributed by atoms with Gasteiger partial charge in [-0.15, -0.1) is 0 Å². The summed E-state index contributed by atoms with van der Waals surface area (Å²) in [5.74, 6) is 0. The van der Waals surface area contributed by atoms with E-state index in [1.54, 1.807) is 24.0 Å². The number of hydrogen-bond donors (Lipinski definition) is 1. The maximum absolute atomic E-state index is 12.8. The third kappa shape index (κ3) is 8.08. The maximum Gasteiger partial charge on any atom is 0.413 e. The Hall–Kier alpha value is -1.95. The first-order valence-corrected chi connectivity index (χ1v) is 9.70. The number of ether oxygens (including phenoxy) is 2. The van der Waals surface area contributed by atoms with Gasteiger partial charge in [0.25, 0.3) is 0 Å². The van der Waals surface area contributed by atoms with Gasteiger partial charge in [-0.3, -0.25) is 5.32 Å². The van der Waals surface area contributed by atoms with E-state index in [9.17, 15) is 9.59 Å². The molecule has 0 radical (unpaired) electrons. The highest BCUT2D eigenvalue weighted by atomic mass is 35.5. The fourth-order valence-corrected chi connectivity index (χ4v) is 2.72. The molecule has 0 fully saturated rings. The van der Waals surface area contributed by atoms with E-state index in [2.05, 4.69) is 5.32 Å². The Kier molecular flexibility index (Phi) is 8.89. The van der Waals surface area contributed by atoms with E-state index < -0.39 is 17.3 Å². The highest BCUT2D eigenvalue weighted by Gasteiger charge is 2.27. The van der Waals surface area contributed by atoms with Crippen LogP contribution in [0.15, 0.2) is 24.3 Å². The zero-order valence-corrected chi connectivity index (χ0v) is 17.8. The Morgan fingerprint density at radius 1 is 1.19 bits per heavy atom. The van der Waals surface area contributed by atoms with E-state index in [4.69, 9.17) is 21.1 Å². The van der Waals surface area contributed by atoms with Gasteiger partial charge in [-0.25, -0.2) is 9.59 Å². The number of alkyl halides is 1. The number of para-hydroxylation sites is 1. The number of rotatable bonds is 7. The summed E-state index contributed by atoms with van der Waals surface area (Å²) < 4.78 is 10.5. The Labute approximate surface area is 167 Å². The third-order valence-corrected chi connectivity index (χ3v) is 3.96. The van der Waals surface area contributed by atoms with E-state index in [1.807, 2.05) is 46.8 Å². The second kappa shape index (κ2) is 10.4. The van der Waals surface area contributed by atoms with Crippen LogP contribution in [0.3, 0.4) is 0 Å². The molecule has 1 atom stereocenters. The van der Waals surface area contributed by atoms with Gasteiger partial charge in [0.2, 0.25) is 0 Å². The van der Waals surface area contributed by atoms with Crippen LogP contribution in [0.5, 0.6) is 0 Å². The summed E-state index contributed by atoms with van der Waals surface area (Å²) in [7, 11) is 0. The molecule has 0 bridgehead atoms. The van der Waals surface area contributed by atoms with Crippen molar-refractivity contribution in [1.29, 1.82) is 0 Å². The molecule has 0 aliphatic carbocycles. The molecule has 0 saturated heterocycles. The van der Waals surface area contributed by atoms with Crippen molar-refractivity contribution in [2.45, 2.75) is 78.1 Å². The van der Waals surface area contributed by atoms with Crippen LogP contribution in [0.2, 0.25) is 0 Å². The summed E-state index contributed by atoms with van der Waals surface area (Å²) in [5.41, 5.74) is 0.0353. The Morgan fingerprint density at radius 2 is 1.78 bits per heavy atom. The van der Waals surface area contributed by atoms with Crippen LogP contribution in [0.1, 0.15) is 59.9 Å². The van der Waals surface area contributed by atoms with Crippen molar-refractivity contribution in [3.63, 3.8) is 0 Å². The molecule has 7 heteroatoms. The van der Waals surface area contributed by atoms with Crippen molar-refractivity contribution >= 4 is 29.5 Å². The van der Waals surface area contributed by atoms with Crippen molar-refractivity contribution in [2.75, 3.05) is 5.32 Å².